The molecule has 1 aromatic heterocycles. The van der Waals surface area contributed by atoms with Crippen LogP contribution in [0.15, 0.2) is 6.20 Å². The first kappa shape index (κ1) is 13.8. The van der Waals surface area contributed by atoms with Gasteiger partial charge in [0.15, 0.2) is 0 Å². The SMILES string of the molecule is Cn1nncc1C(N)COCC(F)(F)C(F)F. The Morgan fingerprint density at radius 1 is 1.53 bits per heavy atom. The van der Waals surface area contributed by atoms with Crippen molar-refractivity contribution >= 4 is 0 Å². The molecule has 0 fully saturated rings. The molecule has 5 nitrogen and oxygen atoms in total. The Morgan fingerprint density at radius 3 is 2.65 bits per heavy atom. The van der Waals surface area contributed by atoms with Gasteiger partial charge >= 0.3 is 12.3 Å². The molecule has 0 saturated carbocycles. The molecular weight excluding hydrogens is 244 g/mol. The van der Waals surface area contributed by atoms with Crippen molar-refractivity contribution < 1.29 is 22.3 Å². The van der Waals surface area contributed by atoms with Crippen molar-refractivity contribution in [3.05, 3.63) is 11.9 Å². The first-order valence-corrected chi connectivity index (χ1v) is 4.68. The van der Waals surface area contributed by atoms with Crippen molar-refractivity contribution in [3.63, 3.8) is 0 Å². The molecular formula is C8H12F4N4O. The number of hydrogen-bond donors (Lipinski definition) is 1. The molecule has 1 aromatic rings. The first-order valence-electron chi connectivity index (χ1n) is 4.68. The van der Waals surface area contributed by atoms with Crippen LogP contribution in [0.3, 0.4) is 0 Å². The summed E-state index contributed by atoms with van der Waals surface area (Å²) in [7, 11) is 1.57. The summed E-state index contributed by atoms with van der Waals surface area (Å²) in [5.41, 5.74) is 6.05. The Hall–Kier alpha value is -1.22. The van der Waals surface area contributed by atoms with Gasteiger partial charge in [-0.2, -0.15) is 8.78 Å². The second kappa shape index (κ2) is 5.41. The monoisotopic (exact) mass is 256 g/mol. The lowest BCUT2D eigenvalue weighted by molar-refractivity contribution is -0.166. The molecule has 0 aromatic carbocycles. The van der Waals surface area contributed by atoms with Gasteiger partial charge in [0, 0.05) is 7.05 Å². The largest absolute Gasteiger partial charge is 0.373 e. The maximum absolute atomic E-state index is 12.5. The Morgan fingerprint density at radius 2 is 2.18 bits per heavy atom. The third-order valence-corrected chi connectivity index (χ3v) is 2.04. The van der Waals surface area contributed by atoms with Crippen LogP contribution in [0.5, 0.6) is 0 Å². The summed E-state index contributed by atoms with van der Waals surface area (Å²) in [4.78, 5) is 0. The smallest absolute Gasteiger partial charge is 0.330 e. The second-order valence-corrected chi connectivity index (χ2v) is 3.47. The van der Waals surface area contributed by atoms with Gasteiger partial charge in [-0.05, 0) is 0 Å². The Balaban J connectivity index is 2.40. The van der Waals surface area contributed by atoms with Crippen molar-refractivity contribution in [3.8, 4) is 0 Å². The van der Waals surface area contributed by atoms with Crippen LogP contribution in [0.1, 0.15) is 11.7 Å². The summed E-state index contributed by atoms with van der Waals surface area (Å²) in [6.07, 6.45) is -2.41. The van der Waals surface area contributed by atoms with E-state index in [-0.39, 0.29) is 6.61 Å². The molecule has 1 atom stereocenters. The molecule has 98 valence electrons. The topological polar surface area (TPSA) is 66.0 Å². The van der Waals surface area contributed by atoms with E-state index >= 15 is 0 Å². The number of nitrogens with zero attached hydrogens (tertiary/aromatic N) is 3. The maximum Gasteiger partial charge on any atom is 0.330 e. The number of nitrogens with two attached hydrogens (primary N) is 1. The minimum atomic E-state index is -4.16. The quantitative estimate of drug-likeness (QED) is 0.762. The lowest BCUT2D eigenvalue weighted by Crippen LogP contribution is -2.33. The van der Waals surface area contributed by atoms with Crippen LogP contribution in [0.25, 0.3) is 0 Å². The molecule has 0 saturated heterocycles. The van der Waals surface area contributed by atoms with Crippen molar-refractivity contribution in [2.75, 3.05) is 13.2 Å². The minimum Gasteiger partial charge on any atom is -0.373 e. The molecule has 0 aliphatic heterocycles. The lowest BCUT2D eigenvalue weighted by Gasteiger charge is -2.17. The highest BCUT2D eigenvalue weighted by atomic mass is 19.3. The van der Waals surface area contributed by atoms with Gasteiger partial charge in [0.1, 0.15) is 6.61 Å². The standard InChI is InChI=1S/C8H12F4N4O/c1-16-6(2-14-15-16)5(13)3-17-4-8(11,12)7(9)10/h2,5,7H,3-4,13H2,1H3. The van der Waals surface area contributed by atoms with Crippen LogP contribution in [0.2, 0.25) is 0 Å². The molecule has 2 N–H and O–H groups in total. The predicted octanol–water partition coefficient (Wildman–Crippen LogP) is 0.732. The van der Waals surface area contributed by atoms with E-state index in [9.17, 15) is 17.6 Å². The van der Waals surface area contributed by atoms with Gasteiger partial charge in [0.05, 0.1) is 24.5 Å². The Kier molecular flexibility index (Phi) is 4.40. The highest BCUT2D eigenvalue weighted by molar-refractivity contribution is 5.00. The normalized spacial score (nSPS) is 14.3. The van der Waals surface area contributed by atoms with Crippen LogP contribution in [0, 0.1) is 0 Å². The highest BCUT2D eigenvalue weighted by Gasteiger charge is 2.41. The van der Waals surface area contributed by atoms with Gasteiger partial charge in [-0.3, -0.25) is 4.68 Å². The molecule has 0 spiro atoms. The van der Waals surface area contributed by atoms with E-state index in [0.717, 1.165) is 0 Å². The van der Waals surface area contributed by atoms with E-state index in [0.29, 0.717) is 5.69 Å². The molecule has 1 unspecified atom stereocenters. The summed E-state index contributed by atoms with van der Waals surface area (Å²) in [5, 5.41) is 7.12. The summed E-state index contributed by atoms with van der Waals surface area (Å²) < 4.78 is 54.3. The zero-order valence-electron chi connectivity index (χ0n) is 8.99. The molecule has 1 heterocycles. The average Bonchev–Trinajstić information content (AvgIpc) is 2.63. The summed E-state index contributed by atoms with van der Waals surface area (Å²) >= 11 is 0. The summed E-state index contributed by atoms with van der Waals surface area (Å²) in [6.45, 7) is -1.69. The molecule has 0 aliphatic rings. The van der Waals surface area contributed by atoms with Crippen LogP contribution in [-0.2, 0) is 11.8 Å². The van der Waals surface area contributed by atoms with E-state index in [4.69, 9.17) is 5.73 Å². The van der Waals surface area contributed by atoms with Crippen molar-refractivity contribution in [2.24, 2.45) is 12.8 Å². The van der Waals surface area contributed by atoms with Crippen molar-refractivity contribution in [1.82, 2.24) is 15.0 Å². The average molecular weight is 256 g/mol. The van der Waals surface area contributed by atoms with Gasteiger partial charge in [-0.15, -0.1) is 5.10 Å². The number of aryl methyl sites for hydroxylation is 1. The number of ether oxygens (including phenoxy) is 1. The highest BCUT2D eigenvalue weighted by Crippen LogP contribution is 2.23. The fourth-order valence-corrected chi connectivity index (χ4v) is 1.10. The molecule has 0 amide bonds. The molecule has 0 bridgehead atoms. The third kappa shape index (κ3) is 3.63. The zero-order valence-corrected chi connectivity index (χ0v) is 8.99. The molecule has 0 aliphatic carbocycles. The molecule has 17 heavy (non-hydrogen) atoms. The van der Waals surface area contributed by atoms with Gasteiger partial charge in [0.2, 0.25) is 0 Å². The predicted molar refractivity (Wildman–Crippen MR) is 49.7 cm³/mol. The number of alkyl halides is 4. The van der Waals surface area contributed by atoms with Crippen LogP contribution in [-0.4, -0.2) is 40.6 Å². The van der Waals surface area contributed by atoms with E-state index in [2.05, 4.69) is 15.0 Å². The fraction of sp³-hybridized carbons (Fsp3) is 0.750. The number of aromatic nitrogens is 3. The molecule has 0 radical (unpaired) electrons. The van der Waals surface area contributed by atoms with E-state index in [1.54, 1.807) is 7.05 Å². The number of rotatable bonds is 6. The van der Waals surface area contributed by atoms with Crippen molar-refractivity contribution in [2.45, 2.75) is 18.4 Å². The second-order valence-electron chi connectivity index (χ2n) is 3.47. The first-order chi connectivity index (χ1) is 7.84. The third-order valence-electron chi connectivity index (χ3n) is 2.04. The van der Waals surface area contributed by atoms with Crippen LogP contribution in [0.4, 0.5) is 17.6 Å². The number of halogens is 4. The summed E-state index contributed by atoms with van der Waals surface area (Å²) in [6, 6.07) is -0.747. The van der Waals surface area contributed by atoms with Gasteiger partial charge in [-0.25, -0.2) is 8.78 Å². The zero-order chi connectivity index (χ0) is 13.1. The van der Waals surface area contributed by atoms with E-state index < -0.39 is 25.0 Å². The number of hydrogen-bond acceptors (Lipinski definition) is 4. The Labute approximate surface area is 94.5 Å². The maximum atomic E-state index is 12.5. The Bertz CT molecular complexity index is 357. The van der Waals surface area contributed by atoms with Crippen LogP contribution >= 0.6 is 0 Å². The van der Waals surface area contributed by atoms with Gasteiger partial charge in [0.25, 0.3) is 0 Å². The fourth-order valence-electron chi connectivity index (χ4n) is 1.10. The van der Waals surface area contributed by atoms with Crippen LogP contribution < -0.4 is 5.73 Å². The van der Waals surface area contributed by atoms with E-state index in [1.165, 1.54) is 10.9 Å². The summed E-state index contributed by atoms with van der Waals surface area (Å²) in [5.74, 6) is -4.16. The van der Waals surface area contributed by atoms with Gasteiger partial charge in [-0.1, -0.05) is 5.21 Å². The van der Waals surface area contributed by atoms with Gasteiger partial charge < -0.3 is 10.5 Å². The molecule has 1 rings (SSSR count). The van der Waals surface area contributed by atoms with Crippen molar-refractivity contribution in [1.29, 1.82) is 0 Å². The molecule has 9 heteroatoms. The van der Waals surface area contributed by atoms with E-state index in [1.807, 2.05) is 0 Å². The lowest BCUT2D eigenvalue weighted by atomic mass is 10.2. The minimum absolute atomic E-state index is 0.316.